The molecule has 3 unspecified atom stereocenters. The summed E-state index contributed by atoms with van der Waals surface area (Å²) < 4.78 is 5.81. The molecule has 1 rings (SSSR count). The van der Waals surface area contributed by atoms with E-state index in [1.54, 1.807) is 0 Å². The van der Waals surface area contributed by atoms with E-state index in [9.17, 15) is 5.11 Å². The van der Waals surface area contributed by atoms with Crippen molar-refractivity contribution in [2.75, 3.05) is 26.3 Å². The molecule has 0 bridgehead atoms. The highest BCUT2D eigenvalue weighted by atomic mass is 16.5. The summed E-state index contributed by atoms with van der Waals surface area (Å²) in [5.41, 5.74) is 0. The topological polar surface area (TPSA) is 61.7 Å². The Morgan fingerprint density at radius 1 is 1.28 bits per heavy atom. The zero-order valence-corrected chi connectivity index (χ0v) is 11.6. The smallest absolute Gasteiger partial charge is 0.0897 e. The lowest BCUT2D eigenvalue weighted by Crippen LogP contribution is -2.34. The molecule has 1 aliphatic carbocycles. The van der Waals surface area contributed by atoms with E-state index >= 15 is 0 Å². The Morgan fingerprint density at radius 2 is 2.06 bits per heavy atom. The number of hydrogen-bond acceptors (Lipinski definition) is 4. The van der Waals surface area contributed by atoms with Crippen LogP contribution in [0.1, 0.15) is 45.4 Å². The van der Waals surface area contributed by atoms with E-state index < -0.39 is 6.10 Å². The second-order valence-electron chi connectivity index (χ2n) is 5.42. The van der Waals surface area contributed by atoms with Crippen LogP contribution in [-0.4, -0.2) is 48.7 Å². The SMILES string of the molecule is CC1CCCCC1OCC(O)CNCCCCO. The van der Waals surface area contributed by atoms with Crippen LogP contribution in [0.2, 0.25) is 0 Å². The van der Waals surface area contributed by atoms with Crippen molar-refractivity contribution in [2.24, 2.45) is 5.92 Å². The summed E-state index contributed by atoms with van der Waals surface area (Å²) in [6, 6.07) is 0. The van der Waals surface area contributed by atoms with Gasteiger partial charge in [0, 0.05) is 13.2 Å². The minimum atomic E-state index is -0.423. The fourth-order valence-corrected chi connectivity index (χ4v) is 2.45. The Bertz CT molecular complexity index is 201. The molecule has 18 heavy (non-hydrogen) atoms. The maximum absolute atomic E-state index is 9.79. The van der Waals surface area contributed by atoms with Gasteiger partial charge in [-0.15, -0.1) is 0 Å². The molecule has 0 aromatic heterocycles. The lowest BCUT2D eigenvalue weighted by molar-refractivity contribution is -0.0451. The molecular formula is C14H29NO3. The Hall–Kier alpha value is -0.160. The van der Waals surface area contributed by atoms with Gasteiger partial charge in [-0.25, -0.2) is 0 Å². The molecule has 4 heteroatoms. The lowest BCUT2D eigenvalue weighted by atomic mass is 9.88. The summed E-state index contributed by atoms with van der Waals surface area (Å²) in [4.78, 5) is 0. The second-order valence-corrected chi connectivity index (χ2v) is 5.42. The van der Waals surface area contributed by atoms with E-state index in [-0.39, 0.29) is 6.61 Å². The number of ether oxygens (including phenoxy) is 1. The van der Waals surface area contributed by atoms with Crippen LogP contribution in [0.3, 0.4) is 0 Å². The molecule has 0 heterocycles. The standard InChI is InChI=1S/C14H29NO3/c1-12-6-2-3-7-14(12)18-11-13(17)10-15-8-4-5-9-16/h12-17H,2-11H2,1H3. The van der Waals surface area contributed by atoms with Crippen molar-refractivity contribution in [1.82, 2.24) is 5.32 Å². The Labute approximate surface area is 111 Å². The van der Waals surface area contributed by atoms with Crippen LogP contribution < -0.4 is 5.32 Å². The van der Waals surface area contributed by atoms with Crippen molar-refractivity contribution in [3.05, 3.63) is 0 Å². The molecule has 0 spiro atoms. The van der Waals surface area contributed by atoms with Crippen LogP contribution in [0.5, 0.6) is 0 Å². The first kappa shape index (κ1) is 15.9. The molecule has 4 nitrogen and oxygen atoms in total. The van der Waals surface area contributed by atoms with E-state index in [0.29, 0.717) is 25.2 Å². The van der Waals surface area contributed by atoms with Gasteiger partial charge in [0.25, 0.3) is 0 Å². The van der Waals surface area contributed by atoms with E-state index in [1.807, 2.05) is 0 Å². The maximum Gasteiger partial charge on any atom is 0.0897 e. The van der Waals surface area contributed by atoms with Crippen molar-refractivity contribution < 1.29 is 14.9 Å². The van der Waals surface area contributed by atoms with Crippen molar-refractivity contribution in [3.8, 4) is 0 Å². The normalized spacial score (nSPS) is 26.2. The minimum Gasteiger partial charge on any atom is -0.396 e. The van der Waals surface area contributed by atoms with Gasteiger partial charge in [-0.05, 0) is 38.1 Å². The van der Waals surface area contributed by atoms with E-state index in [2.05, 4.69) is 12.2 Å². The van der Waals surface area contributed by atoms with E-state index in [1.165, 1.54) is 19.3 Å². The third kappa shape index (κ3) is 6.69. The van der Waals surface area contributed by atoms with Crippen LogP contribution in [0.4, 0.5) is 0 Å². The fraction of sp³-hybridized carbons (Fsp3) is 1.00. The first-order chi connectivity index (χ1) is 8.74. The molecule has 3 atom stereocenters. The average Bonchev–Trinajstić information content (AvgIpc) is 2.37. The molecule has 108 valence electrons. The fourth-order valence-electron chi connectivity index (χ4n) is 2.45. The van der Waals surface area contributed by atoms with Crippen LogP contribution in [0, 0.1) is 5.92 Å². The molecule has 1 fully saturated rings. The quantitative estimate of drug-likeness (QED) is 0.546. The molecule has 0 aliphatic heterocycles. The van der Waals surface area contributed by atoms with E-state index in [0.717, 1.165) is 25.8 Å². The summed E-state index contributed by atoms with van der Waals surface area (Å²) >= 11 is 0. The van der Waals surface area contributed by atoms with Crippen molar-refractivity contribution >= 4 is 0 Å². The number of aliphatic hydroxyl groups excluding tert-OH is 2. The zero-order chi connectivity index (χ0) is 13.2. The summed E-state index contributed by atoms with van der Waals surface area (Å²) in [6.07, 6.45) is 6.64. The predicted molar refractivity (Wildman–Crippen MR) is 72.6 cm³/mol. The molecule has 0 amide bonds. The summed E-state index contributed by atoms with van der Waals surface area (Å²) in [5.74, 6) is 0.628. The Balaban J connectivity index is 2.00. The Kier molecular flexibility index (Phi) is 8.59. The number of rotatable bonds is 9. The third-order valence-corrected chi connectivity index (χ3v) is 3.68. The first-order valence-electron chi connectivity index (χ1n) is 7.35. The number of unbranched alkanes of at least 4 members (excludes halogenated alkanes) is 1. The molecule has 0 radical (unpaired) electrons. The summed E-state index contributed by atoms with van der Waals surface area (Å²) in [7, 11) is 0. The van der Waals surface area contributed by atoms with Crippen LogP contribution in [0.15, 0.2) is 0 Å². The summed E-state index contributed by atoms with van der Waals surface area (Å²) in [6.45, 7) is 4.34. The summed E-state index contributed by atoms with van der Waals surface area (Å²) in [5, 5.41) is 21.6. The van der Waals surface area contributed by atoms with Crippen molar-refractivity contribution in [1.29, 1.82) is 0 Å². The van der Waals surface area contributed by atoms with E-state index in [4.69, 9.17) is 9.84 Å². The molecule has 0 aromatic rings. The highest BCUT2D eigenvalue weighted by Crippen LogP contribution is 2.26. The Morgan fingerprint density at radius 3 is 2.78 bits per heavy atom. The number of hydrogen-bond donors (Lipinski definition) is 3. The average molecular weight is 259 g/mol. The van der Waals surface area contributed by atoms with Gasteiger partial charge in [0.1, 0.15) is 0 Å². The number of nitrogens with one attached hydrogen (secondary N) is 1. The lowest BCUT2D eigenvalue weighted by Gasteiger charge is -2.29. The molecular weight excluding hydrogens is 230 g/mol. The van der Waals surface area contributed by atoms with Gasteiger partial charge in [-0.2, -0.15) is 0 Å². The van der Waals surface area contributed by atoms with Gasteiger partial charge in [0.05, 0.1) is 18.8 Å². The number of aliphatic hydroxyl groups is 2. The van der Waals surface area contributed by atoms with Gasteiger partial charge in [0.2, 0.25) is 0 Å². The van der Waals surface area contributed by atoms with Crippen molar-refractivity contribution in [3.63, 3.8) is 0 Å². The molecule has 3 N–H and O–H groups in total. The van der Waals surface area contributed by atoms with Gasteiger partial charge >= 0.3 is 0 Å². The molecule has 1 aliphatic rings. The van der Waals surface area contributed by atoms with Crippen LogP contribution >= 0.6 is 0 Å². The minimum absolute atomic E-state index is 0.243. The molecule has 0 aromatic carbocycles. The largest absolute Gasteiger partial charge is 0.396 e. The molecule has 0 saturated heterocycles. The second kappa shape index (κ2) is 9.73. The highest BCUT2D eigenvalue weighted by Gasteiger charge is 2.22. The van der Waals surface area contributed by atoms with Gasteiger partial charge in [-0.1, -0.05) is 19.8 Å². The molecule has 1 saturated carbocycles. The van der Waals surface area contributed by atoms with Crippen LogP contribution in [0.25, 0.3) is 0 Å². The monoisotopic (exact) mass is 259 g/mol. The van der Waals surface area contributed by atoms with Gasteiger partial charge < -0.3 is 20.3 Å². The van der Waals surface area contributed by atoms with Gasteiger partial charge in [-0.3, -0.25) is 0 Å². The predicted octanol–water partition coefficient (Wildman–Crippen LogP) is 1.30. The maximum atomic E-state index is 9.79. The van der Waals surface area contributed by atoms with Crippen LogP contribution in [-0.2, 0) is 4.74 Å². The van der Waals surface area contributed by atoms with Crippen molar-refractivity contribution in [2.45, 2.75) is 57.7 Å². The van der Waals surface area contributed by atoms with Gasteiger partial charge in [0.15, 0.2) is 0 Å². The first-order valence-corrected chi connectivity index (χ1v) is 7.35. The zero-order valence-electron chi connectivity index (χ0n) is 11.6. The third-order valence-electron chi connectivity index (χ3n) is 3.68. The highest BCUT2D eigenvalue weighted by molar-refractivity contribution is 4.73.